The van der Waals surface area contributed by atoms with E-state index in [-0.39, 0.29) is 6.04 Å². The normalized spacial score (nSPS) is 22.4. The maximum atomic E-state index is 8.64. The summed E-state index contributed by atoms with van der Waals surface area (Å²) in [7, 11) is 1.64. The molecule has 3 N–H and O–H groups in total. The third-order valence-electron chi connectivity index (χ3n) is 5.21. The van der Waals surface area contributed by atoms with Crippen LogP contribution in [-0.4, -0.2) is 55.1 Å². The van der Waals surface area contributed by atoms with Crippen LogP contribution in [0.5, 0.6) is 0 Å². The molecule has 0 saturated carbocycles. The highest BCUT2D eigenvalue weighted by atomic mass is 16.5. The predicted molar refractivity (Wildman–Crippen MR) is 106 cm³/mol. The van der Waals surface area contributed by atoms with Crippen LogP contribution in [0.3, 0.4) is 0 Å². The molecule has 2 unspecified atom stereocenters. The second-order valence-electron chi connectivity index (χ2n) is 7.04. The van der Waals surface area contributed by atoms with Gasteiger partial charge in [-0.25, -0.2) is 9.97 Å². The molecule has 1 aliphatic carbocycles. The lowest BCUT2D eigenvalue weighted by Crippen LogP contribution is -2.30. The van der Waals surface area contributed by atoms with Crippen LogP contribution in [0.25, 0.3) is 0 Å². The molecule has 0 spiro atoms. The van der Waals surface area contributed by atoms with Gasteiger partial charge in [-0.3, -0.25) is 5.41 Å². The molecule has 1 fully saturated rings. The van der Waals surface area contributed by atoms with Crippen molar-refractivity contribution in [1.29, 1.82) is 5.41 Å². The zero-order chi connectivity index (χ0) is 19.2. The van der Waals surface area contributed by atoms with Crippen LogP contribution in [0.1, 0.15) is 31.9 Å². The van der Waals surface area contributed by atoms with Crippen LogP contribution in [-0.2, 0) is 9.47 Å². The number of nitrogens with zero attached hydrogens (tertiary/aromatic N) is 3. The molecular weight excluding hydrogens is 342 g/mol. The molecule has 2 heterocycles. The van der Waals surface area contributed by atoms with Gasteiger partial charge in [0.25, 0.3) is 0 Å². The monoisotopic (exact) mass is 371 g/mol. The molecule has 0 radical (unpaired) electrons. The molecule has 7 nitrogen and oxygen atoms in total. The fourth-order valence-electron chi connectivity index (χ4n) is 3.47. The summed E-state index contributed by atoms with van der Waals surface area (Å²) in [5.74, 6) is 2.33. The topological polar surface area (TPSA) is 97.4 Å². The van der Waals surface area contributed by atoms with Gasteiger partial charge in [-0.1, -0.05) is 13.3 Å². The molecule has 0 bridgehead atoms. The first-order chi connectivity index (χ1) is 13.1. The second kappa shape index (κ2) is 9.10. The van der Waals surface area contributed by atoms with Crippen molar-refractivity contribution in [2.45, 2.75) is 32.2 Å². The Kier molecular flexibility index (Phi) is 6.58. The number of methoxy groups -OCH3 is 1. The Balaban J connectivity index is 1.74. The van der Waals surface area contributed by atoms with Gasteiger partial charge in [-0.15, -0.1) is 0 Å². The number of allylic oxidation sites excluding steroid dienone is 1. The van der Waals surface area contributed by atoms with Gasteiger partial charge in [0.2, 0.25) is 0 Å². The Bertz CT molecular complexity index is 731. The summed E-state index contributed by atoms with van der Waals surface area (Å²) in [5, 5.41) is 8.64. The Hall–Kier alpha value is -2.25. The van der Waals surface area contributed by atoms with Crippen LogP contribution < -0.4 is 10.6 Å². The lowest BCUT2D eigenvalue weighted by atomic mass is 9.93. The summed E-state index contributed by atoms with van der Waals surface area (Å²) in [5.41, 5.74) is 7.91. The van der Waals surface area contributed by atoms with Crippen molar-refractivity contribution >= 4 is 11.5 Å². The van der Waals surface area contributed by atoms with Crippen molar-refractivity contribution in [3.8, 4) is 0 Å². The number of hydrogen-bond acceptors (Lipinski definition) is 7. The quantitative estimate of drug-likeness (QED) is 0.537. The summed E-state index contributed by atoms with van der Waals surface area (Å²) in [6.07, 6.45) is 8.35. The van der Waals surface area contributed by atoms with E-state index in [0.29, 0.717) is 37.0 Å². The van der Waals surface area contributed by atoms with E-state index < -0.39 is 0 Å². The molecule has 146 valence electrons. The van der Waals surface area contributed by atoms with Crippen LogP contribution in [0.2, 0.25) is 0 Å². The van der Waals surface area contributed by atoms with Crippen molar-refractivity contribution < 1.29 is 9.47 Å². The van der Waals surface area contributed by atoms with E-state index in [1.54, 1.807) is 13.4 Å². The minimum Gasteiger partial charge on any atom is -0.492 e. The van der Waals surface area contributed by atoms with Gasteiger partial charge in [0.05, 0.1) is 18.0 Å². The van der Waals surface area contributed by atoms with Gasteiger partial charge in [0, 0.05) is 32.3 Å². The number of nitrogens with one attached hydrogen (secondary N) is 1. The lowest BCUT2D eigenvalue weighted by Gasteiger charge is -2.22. The van der Waals surface area contributed by atoms with E-state index in [1.807, 2.05) is 18.2 Å². The van der Waals surface area contributed by atoms with Gasteiger partial charge in [-0.2, -0.15) is 0 Å². The van der Waals surface area contributed by atoms with Crippen molar-refractivity contribution in [3.05, 3.63) is 41.6 Å². The van der Waals surface area contributed by atoms with Gasteiger partial charge in [0.1, 0.15) is 24.5 Å². The Morgan fingerprint density at radius 2 is 2.22 bits per heavy atom. The third kappa shape index (κ3) is 4.73. The van der Waals surface area contributed by atoms with E-state index in [1.165, 1.54) is 12.8 Å². The molecule has 1 aromatic rings. The Morgan fingerprint density at radius 3 is 2.96 bits per heavy atom. The molecule has 0 aromatic carbocycles. The molecule has 27 heavy (non-hydrogen) atoms. The first kappa shape index (κ1) is 19.5. The number of anilines is 1. The Labute approximate surface area is 160 Å². The van der Waals surface area contributed by atoms with Crippen LogP contribution >= 0.6 is 0 Å². The fraction of sp³-hybridized carbons (Fsp3) is 0.550. The molecule has 7 heteroatoms. The lowest BCUT2D eigenvalue weighted by molar-refractivity contribution is 0.113. The summed E-state index contributed by atoms with van der Waals surface area (Å²) in [6, 6.07) is 1.67. The fourth-order valence-corrected chi connectivity index (χ4v) is 3.47. The average molecular weight is 371 g/mol. The van der Waals surface area contributed by atoms with Crippen LogP contribution in [0.15, 0.2) is 35.9 Å². The zero-order valence-electron chi connectivity index (χ0n) is 16.1. The average Bonchev–Trinajstić information content (AvgIpc) is 3.18. The summed E-state index contributed by atoms with van der Waals surface area (Å²) < 4.78 is 10.7. The van der Waals surface area contributed by atoms with Crippen molar-refractivity contribution in [3.63, 3.8) is 0 Å². The molecule has 1 aliphatic heterocycles. The SMILES string of the molecule is CCC1CCN(c2cc(C(=N)C3=CC(OCCOC)=CCC3N)ncn2)C1. The number of rotatable bonds is 8. The smallest absolute Gasteiger partial charge is 0.132 e. The highest BCUT2D eigenvalue weighted by Crippen LogP contribution is 2.26. The summed E-state index contributed by atoms with van der Waals surface area (Å²) in [4.78, 5) is 11.0. The second-order valence-corrected chi connectivity index (χ2v) is 7.04. The Morgan fingerprint density at radius 1 is 1.37 bits per heavy atom. The van der Waals surface area contributed by atoms with E-state index >= 15 is 0 Å². The van der Waals surface area contributed by atoms with Crippen LogP contribution in [0, 0.1) is 11.3 Å². The highest BCUT2D eigenvalue weighted by molar-refractivity contribution is 6.10. The maximum absolute atomic E-state index is 8.64. The van der Waals surface area contributed by atoms with Crippen molar-refractivity contribution in [2.75, 3.05) is 38.3 Å². The summed E-state index contributed by atoms with van der Waals surface area (Å²) >= 11 is 0. The molecule has 1 aromatic heterocycles. The molecule has 2 aliphatic rings. The number of nitrogens with two attached hydrogens (primary N) is 1. The molecule has 2 atom stereocenters. The van der Waals surface area contributed by atoms with E-state index in [4.69, 9.17) is 20.6 Å². The highest BCUT2D eigenvalue weighted by Gasteiger charge is 2.24. The van der Waals surface area contributed by atoms with Gasteiger partial charge in [-0.05, 0) is 36.5 Å². The van der Waals surface area contributed by atoms with E-state index in [9.17, 15) is 0 Å². The molecule has 3 rings (SSSR count). The molecular formula is C20H29N5O2. The first-order valence-corrected chi connectivity index (χ1v) is 9.57. The third-order valence-corrected chi connectivity index (χ3v) is 5.21. The first-order valence-electron chi connectivity index (χ1n) is 9.57. The minimum atomic E-state index is -0.234. The number of ether oxygens (including phenoxy) is 2. The minimum absolute atomic E-state index is 0.234. The molecule has 0 amide bonds. The van der Waals surface area contributed by atoms with E-state index in [2.05, 4.69) is 21.8 Å². The van der Waals surface area contributed by atoms with Crippen molar-refractivity contribution in [1.82, 2.24) is 9.97 Å². The van der Waals surface area contributed by atoms with Crippen LogP contribution in [0.4, 0.5) is 5.82 Å². The van der Waals surface area contributed by atoms with Gasteiger partial charge >= 0.3 is 0 Å². The number of aromatic nitrogens is 2. The molecule has 1 saturated heterocycles. The standard InChI is InChI=1S/C20H29N5O2/c1-3-14-6-7-25(12-14)19-11-18(23-13-24-19)20(22)16-10-15(4-5-17(16)21)27-9-8-26-2/h4,10-11,13-14,17,22H,3,5-9,12,21H2,1-2H3. The zero-order valence-corrected chi connectivity index (χ0v) is 16.1. The van der Waals surface area contributed by atoms with Gasteiger partial charge < -0.3 is 20.1 Å². The number of hydrogen-bond donors (Lipinski definition) is 2. The van der Waals surface area contributed by atoms with Gasteiger partial charge in [0.15, 0.2) is 0 Å². The predicted octanol–water partition coefficient (Wildman–Crippen LogP) is 2.29. The van der Waals surface area contributed by atoms with E-state index in [0.717, 1.165) is 30.2 Å². The van der Waals surface area contributed by atoms with Crippen molar-refractivity contribution in [2.24, 2.45) is 11.7 Å². The largest absolute Gasteiger partial charge is 0.492 e. The summed E-state index contributed by atoms with van der Waals surface area (Å²) in [6.45, 7) is 5.24. The maximum Gasteiger partial charge on any atom is 0.132 e.